The molecule has 1 heterocycles. The van der Waals surface area contributed by atoms with Crippen LogP contribution in [0.25, 0.3) is 0 Å². The summed E-state index contributed by atoms with van der Waals surface area (Å²) in [7, 11) is 3.36. The number of piperazine rings is 1. The molecular weight excluding hydrogens is 403 g/mol. The van der Waals surface area contributed by atoms with E-state index >= 15 is 0 Å². The maximum Gasteiger partial charge on any atom is 0.248 e. The van der Waals surface area contributed by atoms with E-state index < -0.39 is 25.4 Å². The number of anilines is 1. The standard InChI is InChI=1S/C21H33FN6O3/c1-24-8-7-17(26-23)14-25-19(13-22)21(31-2)16-3-5-18(6-4-16)27-9-11-28(12-10-27)20(30)15-29/h3-6,14,19,21,24,29H,7-13,15,23H2,1-2H3/t19-,21-/m1/s1. The maximum atomic E-state index is 13.8. The van der Waals surface area contributed by atoms with Crippen LogP contribution in [-0.2, 0) is 9.53 Å². The first-order chi connectivity index (χ1) is 15.1. The highest BCUT2D eigenvalue weighted by Gasteiger charge is 2.24. The monoisotopic (exact) mass is 436 g/mol. The number of rotatable bonds is 11. The number of aliphatic hydroxyl groups is 1. The summed E-state index contributed by atoms with van der Waals surface area (Å²) in [5.41, 5.74) is 2.41. The molecule has 1 aliphatic heterocycles. The second kappa shape index (κ2) is 13.0. The second-order valence-corrected chi connectivity index (χ2v) is 7.25. The minimum atomic E-state index is -0.713. The molecule has 1 saturated heterocycles. The number of aliphatic hydroxyl groups excluding tert-OH is 1. The van der Waals surface area contributed by atoms with Gasteiger partial charge in [-0.3, -0.25) is 9.79 Å². The highest BCUT2D eigenvalue weighted by atomic mass is 19.1. The van der Waals surface area contributed by atoms with Gasteiger partial charge in [-0.05, 0) is 24.7 Å². The summed E-state index contributed by atoms with van der Waals surface area (Å²) in [5, 5.41) is 15.7. The Bertz CT molecular complexity index is 735. The zero-order valence-corrected chi connectivity index (χ0v) is 18.2. The van der Waals surface area contributed by atoms with E-state index in [1.54, 1.807) is 4.90 Å². The SMILES string of the molecule is CNCCC(C=N[C@H](CF)[C@H](OC)c1ccc(N2CCN(C(=O)CO)CC2)cc1)=NN. The minimum absolute atomic E-state index is 0.246. The molecule has 0 aromatic heterocycles. The van der Waals surface area contributed by atoms with Gasteiger partial charge in [0, 0.05) is 58.2 Å². The number of nitrogens with one attached hydrogen (secondary N) is 1. The number of ether oxygens (including phenoxy) is 1. The number of nitrogens with zero attached hydrogens (tertiary/aromatic N) is 4. The summed E-state index contributed by atoms with van der Waals surface area (Å²) in [5.74, 6) is 5.14. The topological polar surface area (TPSA) is 116 Å². The number of nitrogens with two attached hydrogens (primary N) is 1. The molecule has 9 nitrogen and oxygen atoms in total. The molecule has 4 N–H and O–H groups in total. The Morgan fingerprint density at radius 1 is 1.32 bits per heavy atom. The molecule has 0 aliphatic carbocycles. The molecule has 2 rings (SSSR count). The van der Waals surface area contributed by atoms with Gasteiger partial charge in [-0.15, -0.1) is 0 Å². The molecule has 0 bridgehead atoms. The van der Waals surface area contributed by atoms with E-state index in [2.05, 4.69) is 20.3 Å². The van der Waals surface area contributed by atoms with Crippen LogP contribution in [0, 0.1) is 0 Å². The van der Waals surface area contributed by atoms with Crippen LogP contribution in [0.2, 0.25) is 0 Å². The molecule has 10 heteroatoms. The molecule has 0 spiro atoms. The minimum Gasteiger partial charge on any atom is -0.387 e. The fraction of sp³-hybridized carbons (Fsp3) is 0.571. The lowest BCUT2D eigenvalue weighted by atomic mass is 10.0. The fourth-order valence-electron chi connectivity index (χ4n) is 3.50. The van der Waals surface area contributed by atoms with E-state index in [9.17, 15) is 9.18 Å². The van der Waals surface area contributed by atoms with Crippen LogP contribution in [0.3, 0.4) is 0 Å². The zero-order chi connectivity index (χ0) is 22.6. The van der Waals surface area contributed by atoms with E-state index in [1.165, 1.54) is 13.3 Å². The molecule has 172 valence electrons. The van der Waals surface area contributed by atoms with Crippen LogP contribution in [0.15, 0.2) is 34.4 Å². The summed E-state index contributed by atoms with van der Waals surface area (Å²) in [6.45, 7) is 2.06. The zero-order valence-electron chi connectivity index (χ0n) is 18.2. The molecular formula is C21H33FN6O3. The molecule has 1 aliphatic rings. The van der Waals surface area contributed by atoms with Gasteiger partial charge in [0.2, 0.25) is 5.91 Å². The summed E-state index contributed by atoms with van der Waals surface area (Å²) in [6, 6.07) is 7.03. The molecule has 1 aromatic carbocycles. The Morgan fingerprint density at radius 3 is 2.52 bits per heavy atom. The van der Waals surface area contributed by atoms with Gasteiger partial charge in [-0.2, -0.15) is 5.10 Å². The van der Waals surface area contributed by atoms with Gasteiger partial charge in [0.1, 0.15) is 25.4 Å². The van der Waals surface area contributed by atoms with Crippen molar-refractivity contribution in [2.45, 2.75) is 18.6 Å². The lowest BCUT2D eigenvalue weighted by Gasteiger charge is -2.36. The number of carbonyl (C=O) groups excluding carboxylic acids is 1. The lowest BCUT2D eigenvalue weighted by Crippen LogP contribution is -2.49. The van der Waals surface area contributed by atoms with Crippen LogP contribution >= 0.6 is 0 Å². The highest BCUT2D eigenvalue weighted by molar-refractivity contribution is 6.30. The predicted molar refractivity (Wildman–Crippen MR) is 120 cm³/mol. The van der Waals surface area contributed by atoms with Crippen molar-refractivity contribution in [2.24, 2.45) is 15.9 Å². The van der Waals surface area contributed by atoms with Gasteiger partial charge in [-0.25, -0.2) is 4.39 Å². The van der Waals surface area contributed by atoms with Crippen LogP contribution in [0.1, 0.15) is 18.1 Å². The van der Waals surface area contributed by atoms with Gasteiger partial charge >= 0.3 is 0 Å². The number of hydrogen-bond donors (Lipinski definition) is 3. The van der Waals surface area contributed by atoms with Gasteiger partial charge in [0.15, 0.2) is 0 Å². The number of benzene rings is 1. The lowest BCUT2D eigenvalue weighted by molar-refractivity contribution is -0.134. The van der Waals surface area contributed by atoms with E-state index in [4.69, 9.17) is 15.7 Å². The average Bonchev–Trinajstić information content (AvgIpc) is 2.83. The first-order valence-electron chi connectivity index (χ1n) is 10.3. The third-order valence-electron chi connectivity index (χ3n) is 5.33. The summed E-state index contributed by atoms with van der Waals surface area (Å²) in [6.07, 6.45) is 1.56. The Hall–Kier alpha value is -2.56. The van der Waals surface area contributed by atoms with Gasteiger partial charge in [0.25, 0.3) is 0 Å². The van der Waals surface area contributed by atoms with Crippen molar-refractivity contribution in [3.8, 4) is 0 Å². The van der Waals surface area contributed by atoms with E-state index in [1.807, 2.05) is 31.3 Å². The smallest absolute Gasteiger partial charge is 0.248 e. The number of amides is 1. The van der Waals surface area contributed by atoms with Crippen molar-refractivity contribution in [1.29, 1.82) is 0 Å². The van der Waals surface area contributed by atoms with Crippen molar-refractivity contribution in [1.82, 2.24) is 10.2 Å². The van der Waals surface area contributed by atoms with Crippen LogP contribution in [0.4, 0.5) is 10.1 Å². The van der Waals surface area contributed by atoms with Crippen molar-refractivity contribution >= 4 is 23.5 Å². The number of halogens is 1. The molecule has 2 atom stereocenters. The van der Waals surface area contributed by atoms with Crippen molar-refractivity contribution in [3.05, 3.63) is 29.8 Å². The summed E-state index contributed by atoms with van der Waals surface area (Å²) in [4.78, 5) is 19.8. The number of hydrogen-bond acceptors (Lipinski definition) is 8. The van der Waals surface area contributed by atoms with Crippen molar-refractivity contribution < 1.29 is 19.0 Å². The van der Waals surface area contributed by atoms with Gasteiger partial charge in [-0.1, -0.05) is 12.1 Å². The Labute approximate surface area is 182 Å². The molecule has 0 saturated carbocycles. The average molecular weight is 437 g/mol. The normalized spacial score (nSPS) is 17.2. The van der Waals surface area contributed by atoms with Gasteiger partial charge < -0.3 is 30.8 Å². The number of alkyl halides is 1. The third kappa shape index (κ3) is 6.98. The first kappa shape index (κ1) is 24.7. The molecule has 0 unspecified atom stereocenters. The Kier molecular flexibility index (Phi) is 10.3. The summed E-state index contributed by atoms with van der Waals surface area (Å²) >= 11 is 0. The van der Waals surface area contributed by atoms with E-state index in [-0.39, 0.29) is 5.91 Å². The fourth-order valence-corrected chi connectivity index (χ4v) is 3.50. The second-order valence-electron chi connectivity index (χ2n) is 7.25. The number of aliphatic imine (C=N–C) groups is 1. The van der Waals surface area contributed by atoms with Crippen LogP contribution in [-0.4, -0.2) is 94.0 Å². The Balaban J connectivity index is 2.04. The molecule has 1 aromatic rings. The largest absolute Gasteiger partial charge is 0.387 e. The quantitative estimate of drug-likeness (QED) is 0.262. The van der Waals surface area contributed by atoms with E-state index in [0.29, 0.717) is 44.9 Å². The maximum absolute atomic E-state index is 13.8. The molecule has 0 radical (unpaired) electrons. The third-order valence-corrected chi connectivity index (χ3v) is 5.33. The first-order valence-corrected chi connectivity index (χ1v) is 10.3. The highest BCUT2D eigenvalue weighted by Crippen LogP contribution is 2.26. The number of hydrazone groups is 1. The number of methoxy groups -OCH3 is 1. The predicted octanol–water partition coefficient (Wildman–Crippen LogP) is 0.348. The molecule has 1 amide bonds. The van der Waals surface area contributed by atoms with Crippen molar-refractivity contribution in [2.75, 3.05) is 65.1 Å². The number of carbonyl (C=O) groups is 1. The van der Waals surface area contributed by atoms with Crippen LogP contribution < -0.4 is 16.1 Å². The Morgan fingerprint density at radius 2 is 2.00 bits per heavy atom. The van der Waals surface area contributed by atoms with Crippen LogP contribution in [0.5, 0.6) is 0 Å². The molecule has 31 heavy (non-hydrogen) atoms. The van der Waals surface area contributed by atoms with Gasteiger partial charge in [0.05, 0.1) is 5.71 Å². The summed E-state index contributed by atoms with van der Waals surface area (Å²) < 4.78 is 19.3. The van der Waals surface area contributed by atoms with Crippen molar-refractivity contribution in [3.63, 3.8) is 0 Å². The van der Waals surface area contributed by atoms with E-state index in [0.717, 1.165) is 11.3 Å². The molecule has 1 fully saturated rings.